The Bertz CT molecular complexity index is 562. The highest BCUT2D eigenvalue weighted by molar-refractivity contribution is 5.33. The number of rotatable bonds is 2. The molecule has 4 nitrogen and oxygen atoms in total. The molecule has 18 heavy (non-hydrogen) atoms. The first-order valence-corrected chi connectivity index (χ1v) is 6.42. The Kier molecular flexibility index (Phi) is 2.78. The number of hydrogen-bond acceptors (Lipinski definition) is 3. The normalized spacial score (nSPS) is 18.6. The molecule has 1 aromatic heterocycles. The van der Waals surface area contributed by atoms with Gasteiger partial charge in [0.05, 0.1) is 0 Å². The Morgan fingerprint density at radius 3 is 3.06 bits per heavy atom. The monoisotopic (exact) mass is 243 g/mol. The number of para-hydroxylation sites is 1. The first-order chi connectivity index (χ1) is 8.72. The van der Waals surface area contributed by atoms with Crippen molar-refractivity contribution in [1.29, 1.82) is 0 Å². The first kappa shape index (κ1) is 11.3. The predicted octanol–water partition coefficient (Wildman–Crippen LogP) is 2.16. The average Bonchev–Trinajstić information content (AvgIpc) is 2.73. The van der Waals surface area contributed by atoms with Crippen LogP contribution in [0.1, 0.15) is 30.6 Å². The van der Waals surface area contributed by atoms with Gasteiger partial charge < -0.3 is 5.11 Å². The van der Waals surface area contributed by atoms with Crippen LogP contribution >= 0.6 is 0 Å². The van der Waals surface area contributed by atoms with Crippen LogP contribution in [0.5, 0.6) is 5.75 Å². The summed E-state index contributed by atoms with van der Waals surface area (Å²) < 4.78 is 2.02. The predicted molar refractivity (Wildman–Crippen MR) is 68.4 cm³/mol. The molecule has 2 aromatic rings. The number of aromatic hydroxyl groups is 1. The molecule has 4 heteroatoms. The summed E-state index contributed by atoms with van der Waals surface area (Å²) in [5, 5.41) is 14.3. The van der Waals surface area contributed by atoms with Crippen molar-refractivity contribution in [3.8, 4) is 5.75 Å². The lowest BCUT2D eigenvalue weighted by atomic mass is 10.0. The van der Waals surface area contributed by atoms with E-state index in [-0.39, 0.29) is 0 Å². The van der Waals surface area contributed by atoms with Crippen molar-refractivity contribution in [1.82, 2.24) is 14.8 Å². The van der Waals surface area contributed by atoms with Crippen molar-refractivity contribution in [2.75, 3.05) is 0 Å². The van der Waals surface area contributed by atoms with Crippen LogP contribution in [-0.4, -0.2) is 19.9 Å². The van der Waals surface area contributed by atoms with E-state index in [0.29, 0.717) is 18.1 Å². The third kappa shape index (κ3) is 2.10. The van der Waals surface area contributed by atoms with Gasteiger partial charge in [-0.25, -0.2) is 9.67 Å². The van der Waals surface area contributed by atoms with Gasteiger partial charge in [-0.15, -0.1) is 0 Å². The Morgan fingerprint density at radius 2 is 2.22 bits per heavy atom. The molecule has 0 saturated heterocycles. The second-order valence-electron chi connectivity index (χ2n) is 5.08. The first-order valence-electron chi connectivity index (χ1n) is 6.42. The van der Waals surface area contributed by atoms with Crippen LogP contribution in [0.25, 0.3) is 0 Å². The molecule has 1 N–H and O–H groups in total. The number of aromatic nitrogens is 3. The summed E-state index contributed by atoms with van der Waals surface area (Å²) in [6, 6.07) is 7.37. The molecule has 0 amide bonds. The summed E-state index contributed by atoms with van der Waals surface area (Å²) in [6.45, 7) is 3.20. The molecule has 1 aliphatic rings. The SMILES string of the molecule is CC1CCc2nc(Cc3ccccc3O)nn2C1. The van der Waals surface area contributed by atoms with Crippen LogP contribution < -0.4 is 0 Å². The van der Waals surface area contributed by atoms with Crippen LogP contribution in [0, 0.1) is 5.92 Å². The van der Waals surface area contributed by atoms with Gasteiger partial charge >= 0.3 is 0 Å². The molecule has 1 atom stereocenters. The number of fused-ring (bicyclic) bond motifs is 1. The molecule has 1 aliphatic heterocycles. The van der Waals surface area contributed by atoms with Crippen LogP contribution in [0.15, 0.2) is 24.3 Å². The van der Waals surface area contributed by atoms with E-state index < -0.39 is 0 Å². The Balaban J connectivity index is 1.84. The summed E-state index contributed by atoms with van der Waals surface area (Å²) in [5.74, 6) is 2.88. The fraction of sp³-hybridized carbons (Fsp3) is 0.429. The molecule has 0 spiro atoms. The van der Waals surface area contributed by atoms with E-state index >= 15 is 0 Å². The maximum absolute atomic E-state index is 9.75. The van der Waals surface area contributed by atoms with Crippen molar-refractivity contribution in [3.63, 3.8) is 0 Å². The van der Waals surface area contributed by atoms with Gasteiger partial charge in [-0.05, 0) is 18.4 Å². The number of phenolic OH excluding ortho intramolecular Hbond substituents is 1. The van der Waals surface area contributed by atoms with Crippen molar-refractivity contribution in [3.05, 3.63) is 41.5 Å². The molecule has 0 bridgehead atoms. The molecule has 2 heterocycles. The Morgan fingerprint density at radius 1 is 1.39 bits per heavy atom. The Labute approximate surface area is 106 Å². The quantitative estimate of drug-likeness (QED) is 0.879. The van der Waals surface area contributed by atoms with Crippen molar-refractivity contribution >= 4 is 0 Å². The van der Waals surface area contributed by atoms with Gasteiger partial charge in [-0.2, -0.15) is 5.10 Å². The molecule has 0 saturated carbocycles. The van der Waals surface area contributed by atoms with E-state index in [4.69, 9.17) is 0 Å². The largest absolute Gasteiger partial charge is 0.508 e. The summed E-state index contributed by atoms with van der Waals surface area (Å²) in [4.78, 5) is 4.56. The highest BCUT2D eigenvalue weighted by Gasteiger charge is 2.18. The zero-order valence-corrected chi connectivity index (χ0v) is 10.5. The maximum Gasteiger partial charge on any atom is 0.155 e. The minimum Gasteiger partial charge on any atom is -0.508 e. The molecule has 1 aromatic carbocycles. The number of aryl methyl sites for hydroxylation is 1. The molecule has 94 valence electrons. The Hall–Kier alpha value is -1.84. The van der Waals surface area contributed by atoms with Crippen molar-refractivity contribution in [2.24, 2.45) is 5.92 Å². The standard InChI is InChI=1S/C14H17N3O/c1-10-6-7-14-15-13(16-17(14)9-10)8-11-4-2-3-5-12(11)18/h2-5,10,18H,6-9H2,1H3. The topological polar surface area (TPSA) is 50.9 Å². The van der Waals surface area contributed by atoms with E-state index in [1.807, 2.05) is 22.9 Å². The van der Waals surface area contributed by atoms with E-state index in [2.05, 4.69) is 17.0 Å². The molecule has 0 fully saturated rings. The molecule has 0 aliphatic carbocycles. The third-order valence-corrected chi connectivity index (χ3v) is 3.48. The molecule has 1 unspecified atom stereocenters. The summed E-state index contributed by atoms with van der Waals surface area (Å²) in [5.41, 5.74) is 0.883. The smallest absolute Gasteiger partial charge is 0.155 e. The lowest BCUT2D eigenvalue weighted by Gasteiger charge is -2.17. The van der Waals surface area contributed by atoms with Crippen LogP contribution in [0.3, 0.4) is 0 Å². The average molecular weight is 243 g/mol. The van der Waals surface area contributed by atoms with Gasteiger partial charge in [0.2, 0.25) is 0 Å². The number of hydrogen-bond donors (Lipinski definition) is 1. The molecular weight excluding hydrogens is 226 g/mol. The zero-order chi connectivity index (χ0) is 12.5. The second kappa shape index (κ2) is 4.44. The number of benzene rings is 1. The van der Waals surface area contributed by atoms with Crippen LogP contribution in [0.4, 0.5) is 0 Å². The number of phenols is 1. The van der Waals surface area contributed by atoms with Crippen molar-refractivity contribution < 1.29 is 5.11 Å². The molecule has 3 rings (SSSR count). The number of nitrogens with zero attached hydrogens (tertiary/aromatic N) is 3. The van der Waals surface area contributed by atoms with Crippen molar-refractivity contribution in [2.45, 2.75) is 32.7 Å². The summed E-state index contributed by atoms with van der Waals surface area (Å²) in [7, 11) is 0. The van der Waals surface area contributed by atoms with E-state index in [0.717, 1.165) is 30.2 Å². The minimum atomic E-state index is 0.318. The van der Waals surface area contributed by atoms with Crippen LogP contribution in [-0.2, 0) is 19.4 Å². The highest BCUT2D eigenvalue weighted by Crippen LogP contribution is 2.21. The molecule has 0 radical (unpaired) electrons. The van der Waals surface area contributed by atoms with Gasteiger partial charge in [0.15, 0.2) is 5.82 Å². The molecular formula is C14H17N3O. The van der Waals surface area contributed by atoms with E-state index in [1.165, 1.54) is 6.42 Å². The fourth-order valence-corrected chi connectivity index (χ4v) is 2.42. The highest BCUT2D eigenvalue weighted by atomic mass is 16.3. The van der Waals surface area contributed by atoms with Gasteiger partial charge in [-0.3, -0.25) is 0 Å². The van der Waals surface area contributed by atoms with Gasteiger partial charge in [0.25, 0.3) is 0 Å². The lowest BCUT2D eigenvalue weighted by molar-refractivity contribution is 0.367. The summed E-state index contributed by atoms with van der Waals surface area (Å²) >= 11 is 0. The zero-order valence-electron chi connectivity index (χ0n) is 10.5. The third-order valence-electron chi connectivity index (χ3n) is 3.48. The fourth-order valence-electron chi connectivity index (χ4n) is 2.42. The minimum absolute atomic E-state index is 0.318. The van der Waals surface area contributed by atoms with Crippen LogP contribution in [0.2, 0.25) is 0 Å². The van der Waals surface area contributed by atoms with E-state index in [1.54, 1.807) is 6.07 Å². The maximum atomic E-state index is 9.75. The van der Waals surface area contributed by atoms with Gasteiger partial charge in [0.1, 0.15) is 11.6 Å². The second-order valence-corrected chi connectivity index (χ2v) is 5.08. The van der Waals surface area contributed by atoms with Gasteiger partial charge in [-0.1, -0.05) is 25.1 Å². The van der Waals surface area contributed by atoms with Gasteiger partial charge in [0, 0.05) is 24.9 Å². The lowest BCUT2D eigenvalue weighted by Crippen LogP contribution is -2.18. The van der Waals surface area contributed by atoms with E-state index in [9.17, 15) is 5.11 Å². The summed E-state index contributed by atoms with van der Waals surface area (Å²) in [6.07, 6.45) is 2.80.